The van der Waals surface area contributed by atoms with Gasteiger partial charge in [0.2, 0.25) is 0 Å². The quantitative estimate of drug-likeness (QED) is 0.562. The normalized spacial score (nSPS) is 11.9. The fraction of sp³-hybridized carbons (Fsp3) is 0. The van der Waals surface area contributed by atoms with Crippen LogP contribution in [-0.4, -0.2) is 18.7 Å². The lowest BCUT2D eigenvalue weighted by atomic mass is 10.1. The van der Waals surface area contributed by atoms with Gasteiger partial charge >= 0.3 is 0 Å². The van der Waals surface area contributed by atoms with Gasteiger partial charge in [0, 0.05) is 26.8 Å². The molecule has 0 amide bonds. The molecule has 0 spiro atoms. The average molecular weight is 405 g/mol. The second-order valence-electron chi connectivity index (χ2n) is 4.92. The van der Waals surface area contributed by atoms with Crippen molar-refractivity contribution in [2.45, 2.75) is 0 Å². The summed E-state index contributed by atoms with van der Waals surface area (Å²) in [6.45, 7) is 3.74. The highest BCUT2D eigenvalue weighted by atomic mass is 79.9. The third-order valence-electron chi connectivity index (χ3n) is 3.28. The van der Waals surface area contributed by atoms with Crippen molar-refractivity contribution >= 4 is 55.3 Å². The first-order valence-electron chi connectivity index (χ1n) is 6.87. The Balaban J connectivity index is 1.96. The number of fused-ring (bicyclic) bond motifs is 1. The SMILES string of the molecule is C=C(NS(=O)O)c1ccc2c(Nc3cccc(Br)c3)ncnc2c1. The van der Waals surface area contributed by atoms with E-state index >= 15 is 0 Å². The minimum atomic E-state index is -2.16. The Morgan fingerprint density at radius 3 is 2.79 bits per heavy atom. The highest BCUT2D eigenvalue weighted by molar-refractivity contribution is 9.10. The predicted molar refractivity (Wildman–Crippen MR) is 99.9 cm³/mol. The Bertz CT molecular complexity index is 948. The molecule has 0 bridgehead atoms. The maximum atomic E-state index is 10.8. The number of halogens is 1. The van der Waals surface area contributed by atoms with E-state index in [1.54, 1.807) is 12.1 Å². The average Bonchev–Trinajstić information content (AvgIpc) is 2.54. The van der Waals surface area contributed by atoms with Crippen LogP contribution in [0.15, 0.2) is 59.8 Å². The molecule has 1 atom stereocenters. The molecule has 24 heavy (non-hydrogen) atoms. The van der Waals surface area contributed by atoms with Gasteiger partial charge in [-0.05, 0) is 30.3 Å². The van der Waals surface area contributed by atoms with Gasteiger partial charge in [-0.2, -0.15) is 0 Å². The Kier molecular flexibility index (Phi) is 4.89. The standard InChI is InChI=1S/C16H13BrN4O2S/c1-10(21-24(22)23)11-5-6-14-15(7-11)18-9-19-16(14)20-13-4-2-3-12(17)8-13/h2-9,21H,1H2,(H,22,23)(H,18,19,20). The number of aromatic nitrogens is 2. The van der Waals surface area contributed by atoms with E-state index in [1.165, 1.54) is 6.33 Å². The van der Waals surface area contributed by atoms with E-state index in [1.807, 2.05) is 30.3 Å². The molecular weight excluding hydrogens is 392 g/mol. The molecule has 3 rings (SSSR count). The smallest absolute Gasteiger partial charge is 0.259 e. The van der Waals surface area contributed by atoms with Crippen LogP contribution in [0.3, 0.4) is 0 Å². The molecule has 8 heteroatoms. The van der Waals surface area contributed by atoms with E-state index in [9.17, 15) is 4.21 Å². The fourth-order valence-electron chi connectivity index (χ4n) is 2.21. The van der Waals surface area contributed by atoms with Crippen molar-refractivity contribution in [3.05, 3.63) is 65.4 Å². The molecular formula is C16H13BrN4O2S. The van der Waals surface area contributed by atoms with E-state index in [0.717, 1.165) is 15.5 Å². The number of benzene rings is 2. The molecule has 2 aromatic carbocycles. The van der Waals surface area contributed by atoms with E-state index in [4.69, 9.17) is 4.55 Å². The number of hydrogen-bond acceptors (Lipinski definition) is 4. The summed E-state index contributed by atoms with van der Waals surface area (Å²) in [5.41, 5.74) is 2.62. The Morgan fingerprint density at radius 2 is 2.04 bits per heavy atom. The van der Waals surface area contributed by atoms with Gasteiger partial charge in [0.1, 0.15) is 12.1 Å². The van der Waals surface area contributed by atoms with Gasteiger partial charge in [0.25, 0.3) is 11.3 Å². The summed E-state index contributed by atoms with van der Waals surface area (Å²) in [5.74, 6) is 0.675. The number of hydrogen-bond donors (Lipinski definition) is 3. The van der Waals surface area contributed by atoms with Crippen LogP contribution in [0.1, 0.15) is 5.56 Å². The van der Waals surface area contributed by atoms with E-state index in [-0.39, 0.29) is 0 Å². The van der Waals surface area contributed by atoms with Crippen LogP contribution in [0, 0.1) is 0 Å². The zero-order valence-corrected chi connectivity index (χ0v) is 14.8. The topological polar surface area (TPSA) is 87.1 Å². The number of rotatable bonds is 5. The van der Waals surface area contributed by atoms with Gasteiger partial charge in [-0.3, -0.25) is 9.27 Å². The minimum absolute atomic E-state index is 0.345. The van der Waals surface area contributed by atoms with Crippen molar-refractivity contribution in [3.8, 4) is 0 Å². The van der Waals surface area contributed by atoms with Crippen LogP contribution in [0.2, 0.25) is 0 Å². The summed E-state index contributed by atoms with van der Waals surface area (Å²) in [4.78, 5) is 8.55. The summed E-state index contributed by atoms with van der Waals surface area (Å²) in [7, 11) is 0. The predicted octanol–water partition coefficient (Wildman–Crippen LogP) is 3.83. The zero-order valence-electron chi connectivity index (χ0n) is 12.4. The summed E-state index contributed by atoms with van der Waals surface area (Å²) in [6, 6.07) is 13.2. The van der Waals surface area contributed by atoms with E-state index in [0.29, 0.717) is 22.6 Å². The second kappa shape index (κ2) is 7.08. The number of nitrogens with one attached hydrogen (secondary N) is 2. The van der Waals surface area contributed by atoms with Gasteiger partial charge in [0.15, 0.2) is 0 Å². The highest BCUT2D eigenvalue weighted by Crippen LogP contribution is 2.26. The Hall–Kier alpha value is -2.29. The molecule has 1 unspecified atom stereocenters. The van der Waals surface area contributed by atoms with E-state index in [2.05, 4.69) is 42.5 Å². The summed E-state index contributed by atoms with van der Waals surface area (Å²) in [5, 5.41) is 4.09. The first-order chi connectivity index (χ1) is 11.5. The molecule has 0 saturated heterocycles. The van der Waals surface area contributed by atoms with Crippen molar-refractivity contribution in [1.82, 2.24) is 14.7 Å². The molecule has 1 heterocycles. The van der Waals surface area contributed by atoms with Crippen molar-refractivity contribution in [2.75, 3.05) is 5.32 Å². The van der Waals surface area contributed by atoms with Gasteiger partial charge in [0.05, 0.1) is 5.52 Å². The first-order valence-corrected chi connectivity index (χ1v) is 8.77. The molecule has 0 aliphatic rings. The number of anilines is 2. The molecule has 0 aliphatic heterocycles. The van der Waals surface area contributed by atoms with Gasteiger partial charge in [-0.25, -0.2) is 14.2 Å². The molecule has 0 aliphatic carbocycles. The van der Waals surface area contributed by atoms with Crippen LogP contribution >= 0.6 is 15.9 Å². The van der Waals surface area contributed by atoms with Crippen LogP contribution in [-0.2, 0) is 11.3 Å². The van der Waals surface area contributed by atoms with Gasteiger partial charge < -0.3 is 5.32 Å². The zero-order chi connectivity index (χ0) is 17.1. The van der Waals surface area contributed by atoms with Crippen LogP contribution < -0.4 is 10.0 Å². The molecule has 0 saturated carbocycles. The first kappa shape index (κ1) is 16.6. The minimum Gasteiger partial charge on any atom is -0.340 e. The molecule has 6 nitrogen and oxygen atoms in total. The fourth-order valence-corrected chi connectivity index (χ4v) is 2.94. The van der Waals surface area contributed by atoms with Crippen molar-refractivity contribution in [1.29, 1.82) is 0 Å². The van der Waals surface area contributed by atoms with Crippen LogP contribution in [0.4, 0.5) is 11.5 Å². The Labute approximate surface area is 149 Å². The maximum absolute atomic E-state index is 10.8. The lowest BCUT2D eigenvalue weighted by Crippen LogP contribution is -2.13. The van der Waals surface area contributed by atoms with Crippen LogP contribution in [0.25, 0.3) is 16.6 Å². The molecule has 3 aromatic rings. The maximum Gasteiger partial charge on any atom is 0.259 e. The number of nitrogens with zero attached hydrogens (tertiary/aromatic N) is 2. The molecule has 0 radical (unpaired) electrons. The van der Waals surface area contributed by atoms with Gasteiger partial charge in [-0.1, -0.05) is 34.6 Å². The molecule has 122 valence electrons. The molecule has 0 fully saturated rings. The monoisotopic (exact) mass is 404 g/mol. The lowest BCUT2D eigenvalue weighted by Gasteiger charge is -2.10. The Morgan fingerprint density at radius 1 is 1.21 bits per heavy atom. The summed E-state index contributed by atoms with van der Waals surface area (Å²) < 4.78 is 23.0. The lowest BCUT2D eigenvalue weighted by molar-refractivity contribution is 0.559. The summed E-state index contributed by atoms with van der Waals surface area (Å²) >= 11 is 1.27. The van der Waals surface area contributed by atoms with Crippen LogP contribution in [0.5, 0.6) is 0 Å². The molecule has 1 aromatic heterocycles. The van der Waals surface area contributed by atoms with Crippen molar-refractivity contribution in [2.24, 2.45) is 0 Å². The third-order valence-corrected chi connectivity index (χ3v) is 4.20. The van der Waals surface area contributed by atoms with Crippen molar-refractivity contribution in [3.63, 3.8) is 0 Å². The highest BCUT2D eigenvalue weighted by Gasteiger charge is 2.08. The molecule has 3 N–H and O–H groups in total. The van der Waals surface area contributed by atoms with E-state index < -0.39 is 11.3 Å². The third kappa shape index (κ3) is 3.78. The summed E-state index contributed by atoms with van der Waals surface area (Å²) in [6.07, 6.45) is 1.47. The second-order valence-corrected chi connectivity index (χ2v) is 6.54. The largest absolute Gasteiger partial charge is 0.340 e. The van der Waals surface area contributed by atoms with Crippen molar-refractivity contribution < 1.29 is 8.76 Å². The van der Waals surface area contributed by atoms with Gasteiger partial charge in [-0.15, -0.1) is 0 Å².